The van der Waals surface area contributed by atoms with Crippen molar-refractivity contribution in [1.82, 2.24) is 0 Å². The molecule has 1 atom stereocenters. The Morgan fingerprint density at radius 1 is 0.970 bits per heavy atom. The van der Waals surface area contributed by atoms with Gasteiger partial charge in [0.25, 0.3) is 11.7 Å². The minimum atomic E-state index is -1.08. The Morgan fingerprint density at radius 3 is 2.33 bits per heavy atom. The average molecular weight is 449 g/mol. The van der Waals surface area contributed by atoms with E-state index in [1.807, 2.05) is 0 Å². The number of amides is 1. The van der Waals surface area contributed by atoms with Crippen LogP contribution in [0.25, 0.3) is 5.76 Å². The molecule has 8 nitrogen and oxygen atoms in total. The number of phenols is 1. The van der Waals surface area contributed by atoms with Gasteiger partial charge in [0.15, 0.2) is 11.5 Å². The summed E-state index contributed by atoms with van der Waals surface area (Å²) in [4.78, 5) is 27.5. The van der Waals surface area contributed by atoms with Crippen LogP contribution in [0.5, 0.6) is 17.2 Å². The molecular weight excluding hydrogens is 426 g/mol. The molecule has 33 heavy (non-hydrogen) atoms. The highest BCUT2D eigenvalue weighted by atomic mass is 16.5. The lowest BCUT2D eigenvalue weighted by molar-refractivity contribution is -0.132. The molecule has 4 rings (SSSR count). The summed E-state index contributed by atoms with van der Waals surface area (Å²) in [5.74, 6) is -0.746. The number of furan rings is 1. The molecule has 1 fully saturated rings. The number of nitrogens with zero attached hydrogens (tertiary/aromatic N) is 1. The maximum atomic E-state index is 13.2. The first-order valence-corrected chi connectivity index (χ1v) is 10.2. The third kappa shape index (κ3) is 3.69. The number of ketones is 1. The molecule has 0 saturated carbocycles. The number of carbonyl (C=O) groups is 2. The highest BCUT2D eigenvalue weighted by Gasteiger charge is 2.49. The predicted molar refractivity (Wildman–Crippen MR) is 121 cm³/mol. The maximum Gasteiger partial charge on any atom is 0.300 e. The summed E-state index contributed by atoms with van der Waals surface area (Å²) in [6.45, 7) is 3.53. The number of carbonyl (C=O) groups excluding carboxylic acids is 2. The summed E-state index contributed by atoms with van der Waals surface area (Å²) in [6.07, 6.45) is 0. The van der Waals surface area contributed by atoms with Crippen molar-refractivity contribution in [2.75, 3.05) is 19.1 Å². The summed E-state index contributed by atoms with van der Waals surface area (Å²) in [5, 5.41) is 21.7. The van der Waals surface area contributed by atoms with Gasteiger partial charge >= 0.3 is 0 Å². The molecule has 2 N–H and O–H groups in total. The van der Waals surface area contributed by atoms with Crippen LogP contribution in [-0.4, -0.2) is 36.1 Å². The number of aliphatic hydroxyl groups is 1. The molecule has 0 spiro atoms. The number of Topliss-reactive ketones (excluding diaryl/α,β-unsaturated/α-hetero) is 1. The zero-order valence-electron chi connectivity index (χ0n) is 18.6. The van der Waals surface area contributed by atoms with Gasteiger partial charge in [-0.1, -0.05) is 6.07 Å². The van der Waals surface area contributed by atoms with E-state index in [1.165, 1.54) is 26.4 Å². The third-order valence-corrected chi connectivity index (χ3v) is 5.52. The van der Waals surface area contributed by atoms with Crippen molar-refractivity contribution in [2.45, 2.75) is 19.9 Å². The number of hydrogen-bond acceptors (Lipinski definition) is 7. The van der Waals surface area contributed by atoms with Gasteiger partial charge in [-0.15, -0.1) is 0 Å². The molecule has 3 aromatic rings. The van der Waals surface area contributed by atoms with E-state index in [4.69, 9.17) is 13.9 Å². The molecule has 1 aromatic heterocycles. The van der Waals surface area contributed by atoms with Gasteiger partial charge < -0.3 is 24.1 Å². The zero-order chi connectivity index (χ0) is 23.9. The fourth-order valence-electron chi connectivity index (χ4n) is 3.92. The van der Waals surface area contributed by atoms with E-state index in [-0.39, 0.29) is 28.3 Å². The Morgan fingerprint density at radius 2 is 1.70 bits per heavy atom. The summed E-state index contributed by atoms with van der Waals surface area (Å²) < 4.78 is 16.3. The summed E-state index contributed by atoms with van der Waals surface area (Å²) in [7, 11) is 2.93. The van der Waals surface area contributed by atoms with E-state index >= 15 is 0 Å². The van der Waals surface area contributed by atoms with Crippen LogP contribution in [0, 0.1) is 13.8 Å². The van der Waals surface area contributed by atoms with Crippen LogP contribution in [0.4, 0.5) is 5.69 Å². The molecule has 1 aliphatic heterocycles. The molecule has 170 valence electrons. The van der Waals surface area contributed by atoms with Crippen molar-refractivity contribution in [3.63, 3.8) is 0 Å². The van der Waals surface area contributed by atoms with Crippen LogP contribution in [0.2, 0.25) is 0 Å². The third-order valence-electron chi connectivity index (χ3n) is 5.52. The second-order valence-corrected chi connectivity index (χ2v) is 7.68. The number of aryl methyl sites for hydroxylation is 2. The minimum absolute atomic E-state index is 0.141. The molecule has 0 radical (unpaired) electrons. The molecule has 1 aliphatic rings. The van der Waals surface area contributed by atoms with Crippen molar-refractivity contribution < 1.29 is 33.7 Å². The van der Waals surface area contributed by atoms with Crippen molar-refractivity contribution in [3.8, 4) is 17.2 Å². The predicted octanol–water partition coefficient (Wildman–Crippen LogP) is 4.25. The van der Waals surface area contributed by atoms with E-state index < -0.39 is 23.5 Å². The molecule has 8 heteroatoms. The molecule has 0 bridgehead atoms. The van der Waals surface area contributed by atoms with Crippen molar-refractivity contribution in [2.24, 2.45) is 0 Å². The van der Waals surface area contributed by atoms with Gasteiger partial charge in [-0.25, -0.2) is 0 Å². The smallest absolute Gasteiger partial charge is 0.300 e. The number of phenolic OH excluding ortho intramolecular Hbond substituents is 1. The van der Waals surface area contributed by atoms with Crippen LogP contribution in [0.15, 0.2) is 58.5 Å². The second kappa shape index (κ2) is 8.38. The van der Waals surface area contributed by atoms with Crippen LogP contribution in [0.1, 0.15) is 28.7 Å². The molecule has 1 unspecified atom stereocenters. The van der Waals surface area contributed by atoms with Crippen LogP contribution in [-0.2, 0) is 9.59 Å². The van der Waals surface area contributed by atoms with Crippen molar-refractivity contribution in [3.05, 3.63) is 76.8 Å². The first-order chi connectivity index (χ1) is 15.8. The summed E-state index contributed by atoms with van der Waals surface area (Å²) in [5.41, 5.74) is 1.01. The lowest BCUT2D eigenvalue weighted by Gasteiger charge is -2.24. The number of rotatable bonds is 5. The molecule has 1 saturated heterocycles. The van der Waals surface area contributed by atoms with Gasteiger partial charge in [-0.05, 0) is 61.9 Å². The standard InChI is InChI=1S/C25H23NO7/c1-13-5-8-17(27)16(11-13)26-22(19-9-6-14(2)33-19)21(24(29)25(26)30)23(28)15-7-10-18(31-3)20(12-15)32-4/h5-12,22,27-28H,1-4H3/b23-21-. The SMILES string of the molecule is COc1ccc(/C(O)=C2/C(=O)C(=O)N(c3cc(C)ccc3O)C2c2ccc(C)o2)cc1OC. The second-order valence-electron chi connectivity index (χ2n) is 7.68. The Kier molecular flexibility index (Phi) is 5.59. The van der Waals surface area contributed by atoms with Gasteiger partial charge in [0, 0.05) is 5.56 Å². The number of benzene rings is 2. The fourth-order valence-corrected chi connectivity index (χ4v) is 3.92. The van der Waals surface area contributed by atoms with Crippen LogP contribution < -0.4 is 14.4 Å². The summed E-state index contributed by atoms with van der Waals surface area (Å²) in [6, 6.07) is 11.6. The zero-order valence-corrected chi connectivity index (χ0v) is 18.6. The van der Waals surface area contributed by atoms with Gasteiger partial charge in [0.05, 0.1) is 25.5 Å². The van der Waals surface area contributed by atoms with Gasteiger partial charge in [0.1, 0.15) is 29.1 Å². The number of methoxy groups -OCH3 is 2. The topological polar surface area (TPSA) is 109 Å². The molecule has 2 heterocycles. The molecule has 1 amide bonds. The largest absolute Gasteiger partial charge is 0.507 e. The first kappa shape index (κ1) is 22.0. The van der Waals surface area contributed by atoms with E-state index in [1.54, 1.807) is 50.2 Å². The highest BCUT2D eigenvalue weighted by molar-refractivity contribution is 6.51. The monoisotopic (exact) mass is 449 g/mol. The van der Waals surface area contributed by atoms with Crippen LogP contribution >= 0.6 is 0 Å². The van der Waals surface area contributed by atoms with E-state index in [0.29, 0.717) is 17.3 Å². The van der Waals surface area contributed by atoms with E-state index in [0.717, 1.165) is 10.5 Å². The number of hydrogen-bond donors (Lipinski definition) is 2. The number of anilines is 1. The van der Waals surface area contributed by atoms with E-state index in [2.05, 4.69) is 0 Å². The van der Waals surface area contributed by atoms with Crippen molar-refractivity contribution in [1.29, 1.82) is 0 Å². The fraction of sp³-hybridized carbons (Fsp3) is 0.200. The Labute approximate surface area is 190 Å². The Bertz CT molecular complexity index is 1290. The minimum Gasteiger partial charge on any atom is -0.507 e. The quantitative estimate of drug-likeness (QED) is 0.340. The number of ether oxygens (including phenoxy) is 2. The van der Waals surface area contributed by atoms with Crippen LogP contribution in [0.3, 0.4) is 0 Å². The van der Waals surface area contributed by atoms with E-state index in [9.17, 15) is 19.8 Å². The van der Waals surface area contributed by atoms with Crippen molar-refractivity contribution >= 4 is 23.1 Å². The Hall–Kier alpha value is -4.20. The number of aromatic hydroxyl groups is 1. The highest BCUT2D eigenvalue weighted by Crippen LogP contribution is 2.45. The Balaban J connectivity index is 1.96. The molecule has 0 aliphatic carbocycles. The lowest BCUT2D eigenvalue weighted by atomic mass is 9.98. The average Bonchev–Trinajstić information content (AvgIpc) is 3.35. The normalized spacial score (nSPS) is 17.5. The molecule has 2 aromatic carbocycles. The lowest BCUT2D eigenvalue weighted by Crippen LogP contribution is -2.29. The van der Waals surface area contributed by atoms with Gasteiger partial charge in [0.2, 0.25) is 0 Å². The summed E-state index contributed by atoms with van der Waals surface area (Å²) >= 11 is 0. The molecular formula is C25H23NO7. The van der Waals surface area contributed by atoms with Gasteiger partial charge in [-0.3, -0.25) is 14.5 Å². The maximum absolute atomic E-state index is 13.2. The van der Waals surface area contributed by atoms with Gasteiger partial charge in [-0.2, -0.15) is 0 Å². The number of aliphatic hydroxyl groups excluding tert-OH is 1. The first-order valence-electron chi connectivity index (χ1n) is 10.2.